The SMILES string of the molecule is CC(Sc1nnnn1C1CC1)C(=O)Nc1cccc(Cl)c1. The van der Waals surface area contributed by atoms with Crippen LogP contribution in [0.2, 0.25) is 5.02 Å². The molecule has 6 nitrogen and oxygen atoms in total. The molecule has 0 radical (unpaired) electrons. The number of hydrogen-bond acceptors (Lipinski definition) is 5. The summed E-state index contributed by atoms with van der Waals surface area (Å²) >= 11 is 7.26. The molecular formula is C13H14ClN5OS. The molecule has 1 N–H and O–H groups in total. The lowest BCUT2D eigenvalue weighted by Gasteiger charge is -2.11. The van der Waals surface area contributed by atoms with E-state index in [0.717, 1.165) is 12.8 Å². The van der Waals surface area contributed by atoms with Crippen LogP contribution in [0.1, 0.15) is 25.8 Å². The molecule has 1 saturated carbocycles. The first-order valence-corrected chi connectivity index (χ1v) is 7.90. The van der Waals surface area contributed by atoms with Gasteiger partial charge in [-0.15, -0.1) is 5.10 Å². The van der Waals surface area contributed by atoms with E-state index in [-0.39, 0.29) is 11.2 Å². The molecule has 8 heteroatoms. The topological polar surface area (TPSA) is 72.7 Å². The summed E-state index contributed by atoms with van der Waals surface area (Å²) < 4.78 is 1.80. The number of tetrazole rings is 1. The van der Waals surface area contributed by atoms with E-state index >= 15 is 0 Å². The fourth-order valence-electron chi connectivity index (χ4n) is 1.83. The minimum Gasteiger partial charge on any atom is -0.325 e. The molecule has 1 amide bonds. The standard InChI is InChI=1S/C13H14ClN5OS/c1-8(12(20)15-10-4-2-3-9(14)7-10)21-13-16-17-18-19(13)11-5-6-11/h2-4,7-8,11H,5-6H2,1H3,(H,15,20). The van der Waals surface area contributed by atoms with Gasteiger partial charge in [-0.3, -0.25) is 4.79 Å². The zero-order chi connectivity index (χ0) is 14.8. The highest BCUT2D eigenvalue weighted by Gasteiger charge is 2.29. The van der Waals surface area contributed by atoms with Crippen molar-refractivity contribution >= 4 is 35.0 Å². The van der Waals surface area contributed by atoms with E-state index in [2.05, 4.69) is 20.8 Å². The van der Waals surface area contributed by atoms with Gasteiger partial charge in [0.05, 0.1) is 11.3 Å². The number of halogens is 1. The van der Waals surface area contributed by atoms with Crippen LogP contribution in [0, 0.1) is 0 Å². The van der Waals surface area contributed by atoms with Crippen molar-refractivity contribution in [2.24, 2.45) is 0 Å². The molecule has 1 heterocycles. The van der Waals surface area contributed by atoms with Gasteiger partial charge in [0.15, 0.2) is 0 Å². The van der Waals surface area contributed by atoms with Crippen LogP contribution in [0.25, 0.3) is 0 Å². The molecule has 0 saturated heterocycles. The Bertz CT molecular complexity index is 658. The van der Waals surface area contributed by atoms with Crippen LogP contribution in [0.4, 0.5) is 5.69 Å². The first-order valence-electron chi connectivity index (χ1n) is 6.64. The highest BCUT2D eigenvalue weighted by molar-refractivity contribution is 8.00. The zero-order valence-electron chi connectivity index (χ0n) is 11.4. The van der Waals surface area contributed by atoms with Crippen LogP contribution >= 0.6 is 23.4 Å². The number of anilines is 1. The van der Waals surface area contributed by atoms with Gasteiger partial charge in [0.2, 0.25) is 11.1 Å². The van der Waals surface area contributed by atoms with Gasteiger partial charge in [0, 0.05) is 10.7 Å². The molecule has 1 aromatic heterocycles. The van der Waals surface area contributed by atoms with Gasteiger partial charge < -0.3 is 5.32 Å². The normalized spacial score (nSPS) is 15.7. The quantitative estimate of drug-likeness (QED) is 0.856. The first-order chi connectivity index (χ1) is 10.1. The van der Waals surface area contributed by atoms with E-state index < -0.39 is 0 Å². The van der Waals surface area contributed by atoms with Crippen molar-refractivity contribution in [3.8, 4) is 0 Å². The smallest absolute Gasteiger partial charge is 0.237 e. The van der Waals surface area contributed by atoms with E-state index in [9.17, 15) is 4.79 Å². The molecule has 110 valence electrons. The number of nitrogens with one attached hydrogen (secondary N) is 1. The molecular weight excluding hydrogens is 310 g/mol. The molecule has 0 bridgehead atoms. The molecule has 3 rings (SSSR count). The van der Waals surface area contributed by atoms with Crippen molar-refractivity contribution in [3.63, 3.8) is 0 Å². The molecule has 1 aliphatic carbocycles. The Hall–Kier alpha value is -1.60. The van der Waals surface area contributed by atoms with E-state index in [0.29, 0.717) is 21.9 Å². The van der Waals surface area contributed by atoms with Gasteiger partial charge in [-0.25, -0.2) is 4.68 Å². The molecule has 1 unspecified atom stereocenters. The van der Waals surface area contributed by atoms with Crippen LogP contribution in [-0.4, -0.2) is 31.4 Å². The number of amides is 1. The number of nitrogens with zero attached hydrogens (tertiary/aromatic N) is 4. The maximum absolute atomic E-state index is 12.2. The fraction of sp³-hybridized carbons (Fsp3) is 0.385. The lowest BCUT2D eigenvalue weighted by atomic mass is 10.3. The molecule has 1 fully saturated rings. The maximum Gasteiger partial charge on any atom is 0.237 e. The van der Waals surface area contributed by atoms with Gasteiger partial charge in [-0.05, 0) is 48.4 Å². The average molecular weight is 324 g/mol. The minimum atomic E-state index is -0.299. The number of benzene rings is 1. The summed E-state index contributed by atoms with van der Waals surface area (Å²) in [6.45, 7) is 1.83. The summed E-state index contributed by atoms with van der Waals surface area (Å²) in [5.41, 5.74) is 0.682. The van der Waals surface area contributed by atoms with Crippen LogP contribution in [-0.2, 0) is 4.79 Å². The predicted molar refractivity (Wildman–Crippen MR) is 81.5 cm³/mol. The molecule has 0 spiro atoms. The van der Waals surface area contributed by atoms with Crippen molar-refractivity contribution in [1.29, 1.82) is 0 Å². The Kier molecular flexibility index (Phi) is 4.12. The number of carbonyl (C=O) groups is 1. The number of hydrogen-bond donors (Lipinski definition) is 1. The molecule has 1 aromatic carbocycles. The summed E-state index contributed by atoms with van der Waals surface area (Å²) in [6.07, 6.45) is 2.20. The molecule has 2 aromatic rings. The third kappa shape index (κ3) is 3.54. The van der Waals surface area contributed by atoms with Crippen molar-refractivity contribution < 1.29 is 4.79 Å². The summed E-state index contributed by atoms with van der Waals surface area (Å²) in [7, 11) is 0. The summed E-state index contributed by atoms with van der Waals surface area (Å²) in [5, 5.41) is 15.5. The number of rotatable bonds is 5. The van der Waals surface area contributed by atoms with Crippen LogP contribution < -0.4 is 5.32 Å². The average Bonchev–Trinajstić information content (AvgIpc) is 3.19. The number of thioether (sulfide) groups is 1. The third-order valence-electron chi connectivity index (χ3n) is 3.10. The summed E-state index contributed by atoms with van der Waals surface area (Å²) in [5.74, 6) is -0.104. The second kappa shape index (κ2) is 6.03. The third-order valence-corrected chi connectivity index (χ3v) is 4.38. The Morgan fingerprint density at radius 3 is 3.05 bits per heavy atom. The maximum atomic E-state index is 12.2. The van der Waals surface area contributed by atoms with Gasteiger partial charge in [-0.1, -0.05) is 29.4 Å². The fourth-order valence-corrected chi connectivity index (χ4v) is 2.88. The lowest BCUT2D eigenvalue weighted by Crippen LogP contribution is -2.23. The number of carbonyl (C=O) groups excluding carboxylic acids is 1. The van der Waals surface area contributed by atoms with Crippen LogP contribution in [0.15, 0.2) is 29.4 Å². The Labute approximate surface area is 131 Å². The van der Waals surface area contributed by atoms with Gasteiger partial charge in [-0.2, -0.15) is 0 Å². The van der Waals surface area contributed by atoms with Crippen molar-refractivity contribution in [2.75, 3.05) is 5.32 Å². The Balaban J connectivity index is 1.63. The zero-order valence-corrected chi connectivity index (χ0v) is 12.9. The largest absolute Gasteiger partial charge is 0.325 e. The van der Waals surface area contributed by atoms with E-state index in [1.807, 2.05) is 6.92 Å². The van der Waals surface area contributed by atoms with Crippen molar-refractivity contribution in [2.45, 2.75) is 36.2 Å². The second-order valence-electron chi connectivity index (χ2n) is 4.90. The van der Waals surface area contributed by atoms with Gasteiger partial charge in [0.1, 0.15) is 0 Å². The van der Waals surface area contributed by atoms with E-state index in [1.54, 1.807) is 28.9 Å². The van der Waals surface area contributed by atoms with Crippen LogP contribution in [0.3, 0.4) is 0 Å². The van der Waals surface area contributed by atoms with E-state index in [4.69, 9.17) is 11.6 Å². The molecule has 21 heavy (non-hydrogen) atoms. The highest BCUT2D eigenvalue weighted by atomic mass is 35.5. The first kappa shape index (κ1) is 14.3. The molecule has 0 aliphatic heterocycles. The van der Waals surface area contributed by atoms with Crippen molar-refractivity contribution in [3.05, 3.63) is 29.3 Å². The molecule has 1 atom stereocenters. The number of aromatic nitrogens is 4. The van der Waals surface area contributed by atoms with Crippen LogP contribution in [0.5, 0.6) is 0 Å². The molecule has 1 aliphatic rings. The minimum absolute atomic E-state index is 0.104. The highest BCUT2D eigenvalue weighted by Crippen LogP contribution is 2.37. The second-order valence-corrected chi connectivity index (χ2v) is 6.64. The van der Waals surface area contributed by atoms with Gasteiger partial charge >= 0.3 is 0 Å². The Morgan fingerprint density at radius 1 is 1.52 bits per heavy atom. The summed E-state index contributed by atoms with van der Waals surface area (Å²) in [4.78, 5) is 12.2. The predicted octanol–water partition coefficient (Wildman–Crippen LogP) is 2.78. The summed E-state index contributed by atoms with van der Waals surface area (Å²) in [6, 6.07) is 7.47. The van der Waals surface area contributed by atoms with Gasteiger partial charge in [0.25, 0.3) is 0 Å². The Morgan fingerprint density at radius 2 is 2.33 bits per heavy atom. The van der Waals surface area contributed by atoms with E-state index in [1.165, 1.54) is 11.8 Å². The lowest BCUT2D eigenvalue weighted by molar-refractivity contribution is -0.115. The van der Waals surface area contributed by atoms with Crippen molar-refractivity contribution in [1.82, 2.24) is 20.2 Å². The monoisotopic (exact) mass is 323 g/mol.